The van der Waals surface area contributed by atoms with Crippen molar-refractivity contribution in [2.75, 3.05) is 11.9 Å². The Morgan fingerprint density at radius 1 is 1.33 bits per heavy atom. The van der Waals surface area contributed by atoms with Crippen molar-refractivity contribution in [1.82, 2.24) is 14.5 Å². The Labute approximate surface area is 168 Å². The molecule has 0 aliphatic carbocycles. The Balaban J connectivity index is 1.72. The van der Waals surface area contributed by atoms with Crippen molar-refractivity contribution in [2.45, 2.75) is 32.6 Å². The highest BCUT2D eigenvalue weighted by atomic mass is 19.4. The number of carbonyl (C=O) groups is 2. The van der Waals surface area contributed by atoms with Crippen LogP contribution in [0.1, 0.15) is 35.1 Å². The normalized spacial score (nSPS) is 14.6. The van der Waals surface area contributed by atoms with Gasteiger partial charge in [-0.2, -0.15) is 18.4 Å². The van der Waals surface area contributed by atoms with Crippen molar-refractivity contribution in [3.8, 4) is 6.07 Å². The third-order valence-electron chi connectivity index (χ3n) is 4.84. The summed E-state index contributed by atoms with van der Waals surface area (Å²) in [5, 5.41) is 11.4. The number of rotatable bonds is 4. The predicted molar refractivity (Wildman–Crippen MR) is 96.9 cm³/mol. The summed E-state index contributed by atoms with van der Waals surface area (Å²) in [7, 11) is 0. The first-order valence-corrected chi connectivity index (χ1v) is 8.99. The van der Waals surface area contributed by atoms with Gasteiger partial charge in [-0.05, 0) is 18.2 Å². The van der Waals surface area contributed by atoms with Crippen molar-refractivity contribution < 1.29 is 27.2 Å². The summed E-state index contributed by atoms with van der Waals surface area (Å²) in [6, 6.07) is 4.66. The van der Waals surface area contributed by atoms with Gasteiger partial charge in [0.25, 0.3) is 0 Å². The van der Waals surface area contributed by atoms with Gasteiger partial charge in [-0.3, -0.25) is 4.79 Å². The lowest BCUT2D eigenvalue weighted by molar-refractivity contribution is -0.168. The highest BCUT2D eigenvalue weighted by molar-refractivity contribution is 5.96. The first-order valence-electron chi connectivity index (χ1n) is 8.99. The second kappa shape index (κ2) is 8.14. The number of fused-ring (bicyclic) bond motifs is 1. The number of nitrogens with zero attached hydrogens (tertiary/aromatic N) is 4. The van der Waals surface area contributed by atoms with Crippen LogP contribution >= 0.6 is 0 Å². The number of nitriles is 1. The van der Waals surface area contributed by atoms with Gasteiger partial charge in [-0.15, -0.1) is 0 Å². The first-order chi connectivity index (χ1) is 14.1. The van der Waals surface area contributed by atoms with E-state index in [1.54, 1.807) is 10.6 Å². The molecule has 0 unspecified atom stereocenters. The van der Waals surface area contributed by atoms with Crippen LogP contribution in [0.3, 0.4) is 0 Å². The number of Topliss-reactive ketones (excluding diaryl/α,β-unsaturated/α-hetero) is 1. The summed E-state index contributed by atoms with van der Waals surface area (Å²) < 4.78 is 53.3. The van der Waals surface area contributed by atoms with Crippen LogP contribution in [0.5, 0.6) is 0 Å². The fraction of sp³-hybridized carbons (Fsp3) is 0.368. The van der Waals surface area contributed by atoms with Crippen molar-refractivity contribution >= 4 is 17.5 Å². The number of aromatic nitrogens is 2. The van der Waals surface area contributed by atoms with E-state index in [1.165, 1.54) is 23.4 Å². The van der Waals surface area contributed by atoms with Crippen LogP contribution in [0.4, 0.5) is 28.0 Å². The topological polar surface area (TPSA) is 91.0 Å². The molecule has 2 aromatic rings. The number of imidazole rings is 1. The zero-order valence-electron chi connectivity index (χ0n) is 15.8. The summed E-state index contributed by atoms with van der Waals surface area (Å²) in [4.78, 5) is 30.2. The highest BCUT2D eigenvalue weighted by Gasteiger charge is 2.38. The molecule has 11 heteroatoms. The van der Waals surface area contributed by atoms with E-state index in [9.17, 15) is 27.2 Å². The fourth-order valence-corrected chi connectivity index (χ4v) is 3.04. The minimum Gasteiger partial charge on any atom is -0.331 e. The molecule has 1 atom stereocenters. The third-order valence-corrected chi connectivity index (χ3v) is 4.84. The Hall–Kier alpha value is -3.42. The van der Waals surface area contributed by atoms with Gasteiger partial charge in [0.05, 0.1) is 30.0 Å². The summed E-state index contributed by atoms with van der Waals surface area (Å²) in [5.41, 5.74) is 0.258. The average molecular weight is 423 g/mol. The van der Waals surface area contributed by atoms with Crippen LogP contribution in [0.25, 0.3) is 0 Å². The Kier molecular flexibility index (Phi) is 5.78. The number of ketones is 1. The standard InChI is InChI=1S/C19H17F4N5O2/c1-11(19(21,22)23)6-16(29)17-15-9-27(4-5-28(15)10-25-17)18(30)26-13-2-3-14(20)12(7-13)8-24/h2-3,7,10-11H,4-6,9H2,1H3,(H,26,30)/t11-/m0/s1. The molecule has 158 valence electrons. The number of alkyl halides is 3. The van der Waals surface area contributed by atoms with Crippen LogP contribution in [0.15, 0.2) is 24.5 Å². The maximum atomic E-state index is 13.4. The molecule has 0 spiro atoms. The van der Waals surface area contributed by atoms with Crippen molar-refractivity contribution in [1.29, 1.82) is 5.26 Å². The molecule has 1 aliphatic rings. The van der Waals surface area contributed by atoms with Crippen molar-refractivity contribution in [3.05, 3.63) is 47.3 Å². The number of carbonyl (C=O) groups excluding carboxylic acids is 2. The third kappa shape index (κ3) is 4.42. The second-order valence-electron chi connectivity index (χ2n) is 6.96. The lowest BCUT2D eigenvalue weighted by atomic mass is 10.0. The van der Waals surface area contributed by atoms with Gasteiger partial charge in [-0.1, -0.05) is 6.92 Å². The minimum absolute atomic E-state index is 0.0282. The lowest BCUT2D eigenvalue weighted by Crippen LogP contribution is -2.41. The van der Waals surface area contributed by atoms with E-state index in [-0.39, 0.29) is 30.0 Å². The van der Waals surface area contributed by atoms with Gasteiger partial charge in [-0.25, -0.2) is 14.2 Å². The molecular weight excluding hydrogens is 406 g/mol. The fourth-order valence-electron chi connectivity index (χ4n) is 3.04. The number of amides is 2. The molecule has 3 rings (SSSR count). The molecule has 1 aromatic carbocycles. The maximum Gasteiger partial charge on any atom is 0.391 e. The molecule has 0 saturated carbocycles. The van der Waals surface area contributed by atoms with Crippen LogP contribution in [-0.2, 0) is 13.1 Å². The first kappa shape index (κ1) is 21.3. The number of benzene rings is 1. The van der Waals surface area contributed by atoms with E-state index in [4.69, 9.17) is 5.26 Å². The molecule has 1 aliphatic heterocycles. The van der Waals surface area contributed by atoms with E-state index in [2.05, 4.69) is 10.3 Å². The summed E-state index contributed by atoms with van der Waals surface area (Å²) in [6.07, 6.45) is -3.85. The van der Waals surface area contributed by atoms with Gasteiger partial charge >= 0.3 is 12.2 Å². The van der Waals surface area contributed by atoms with E-state index < -0.39 is 36.1 Å². The minimum atomic E-state index is -4.49. The molecule has 0 saturated heterocycles. The summed E-state index contributed by atoms with van der Waals surface area (Å²) in [5.74, 6) is -3.26. The molecule has 30 heavy (non-hydrogen) atoms. The number of hydrogen-bond donors (Lipinski definition) is 1. The molecule has 0 bridgehead atoms. The van der Waals surface area contributed by atoms with Gasteiger partial charge < -0.3 is 14.8 Å². The summed E-state index contributed by atoms with van der Waals surface area (Å²) >= 11 is 0. The molecule has 2 amide bonds. The predicted octanol–water partition coefficient (Wildman–Crippen LogP) is 3.71. The van der Waals surface area contributed by atoms with E-state index >= 15 is 0 Å². The van der Waals surface area contributed by atoms with Crippen molar-refractivity contribution in [3.63, 3.8) is 0 Å². The zero-order valence-corrected chi connectivity index (χ0v) is 15.8. The molecule has 0 radical (unpaired) electrons. The van der Waals surface area contributed by atoms with Gasteiger partial charge in [0.2, 0.25) is 0 Å². The molecule has 1 aromatic heterocycles. The quantitative estimate of drug-likeness (QED) is 0.600. The molecule has 0 fully saturated rings. The van der Waals surface area contributed by atoms with E-state index in [1.807, 2.05) is 0 Å². The van der Waals surface area contributed by atoms with Gasteiger partial charge in [0.15, 0.2) is 5.78 Å². The maximum absolute atomic E-state index is 13.4. The van der Waals surface area contributed by atoms with E-state index in [0.29, 0.717) is 12.2 Å². The number of nitrogens with one attached hydrogen (secondary N) is 1. The lowest BCUT2D eigenvalue weighted by Gasteiger charge is -2.29. The van der Waals surface area contributed by atoms with E-state index in [0.717, 1.165) is 13.0 Å². The smallest absolute Gasteiger partial charge is 0.331 e. The molecule has 1 N–H and O–H groups in total. The van der Waals surface area contributed by atoms with Crippen LogP contribution in [-0.4, -0.2) is 39.0 Å². The monoisotopic (exact) mass is 423 g/mol. The highest BCUT2D eigenvalue weighted by Crippen LogP contribution is 2.30. The van der Waals surface area contributed by atoms with Crippen LogP contribution in [0, 0.1) is 23.1 Å². The number of halogens is 4. The Bertz CT molecular complexity index is 1020. The molecule has 7 nitrogen and oxygen atoms in total. The number of urea groups is 1. The Morgan fingerprint density at radius 2 is 2.07 bits per heavy atom. The van der Waals surface area contributed by atoms with Crippen molar-refractivity contribution in [2.24, 2.45) is 5.92 Å². The van der Waals surface area contributed by atoms with Gasteiger partial charge in [0.1, 0.15) is 17.6 Å². The molecule has 2 heterocycles. The largest absolute Gasteiger partial charge is 0.391 e. The zero-order chi connectivity index (χ0) is 22.1. The van der Waals surface area contributed by atoms with Crippen LogP contribution < -0.4 is 5.32 Å². The summed E-state index contributed by atoms with van der Waals surface area (Å²) in [6.45, 7) is 1.48. The second-order valence-corrected chi connectivity index (χ2v) is 6.96. The molecular formula is C19H17F4N5O2. The SMILES string of the molecule is C[C@@H](CC(=O)c1ncn2c1CN(C(=O)Nc1ccc(F)c(C#N)c1)CC2)C(F)(F)F. The average Bonchev–Trinajstić information content (AvgIpc) is 3.11. The number of anilines is 1. The van der Waals surface area contributed by atoms with Gasteiger partial charge in [0, 0.05) is 25.2 Å². The Morgan fingerprint density at radius 3 is 2.73 bits per heavy atom. The number of hydrogen-bond acceptors (Lipinski definition) is 4. The van der Waals surface area contributed by atoms with Crippen LogP contribution in [0.2, 0.25) is 0 Å².